The fourth-order valence-corrected chi connectivity index (χ4v) is 4.29. The monoisotopic (exact) mass is 308 g/mol. The summed E-state index contributed by atoms with van der Waals surface area (Å²) in [6.45, 7) is 0.892. The lowest BCUT2D eigenvalue weighted by Gasteiger charge is -2.19. The van der Waals surface area contributed by atoms with Crippen molar-refractivity contribution in [2.45, 2.75) is 49.3 Å². The summed E-state index contributed by atoms with van der Waals surface area (Å²) >= 11 is 3.83. The lowest BCUT2D eigenvalue weighted by molar-refractivity contribution is 0.298. The molecule has 1 fully saturated rings. The molecule has 1 nitrogen and oxygen atoms in total. The SMILES string of the molecule is BrC1CCCCC(CC2COc3ccccc32)C1. The van der Waals surface area contributed by atoms with Gasteiger partial charge in [-0.15, -0.1) is 0 Å². The molecule has 3 atom stereocenters. The molecule has 1 aliphatic heterocycles. The van der Waals surface area contributed by atoms with Crippen molar-refractivity contribution < 1.29 is 4.74 Å². The van der Waals surface area contributed by atoms with Gasteiger partial charge in [-0.1, -0.05) is 53.4 Å². The summed E-state index contributed by atoms with van der Waals surface area (Å²) in [5.41, 5.74) is 1.44. The van der Waals surface area contributed by atoms with Gasteiger partial charge in [0.25, 0.3) is 0 Å². The predicted octanol–water partition coefficient (Wildman–Crippen LogP) is 4.90. The molecule has 0 amide bonds. The standard InChI is InChI=1S/C16H21BrO/c17-14-6-2-1-5-12(10-14)9-13-11-18-16-8-4-3-7-15(13)16/h3-4,7-8,12-14H,1-2,5-6,9-11H2. The summed E-state index contributed by atoms with van der Waals surface area (Å²) in [7, 11) is 0. The fourth-order valence-electron chi connectivity index (χ4n) is 3.44. The third-order valence-electron chi connectivity index (χ3n) is 4.39. The smallest absolute Gasteiger partial charge is 0.122 e. The number of para-hydroxylation sites is 1. The zero-order valence-electron chi connectivity index (χ0n) is 10.8. The lowest BCUT2D eigenvalue weighted by Crippen LogP contribution is -2.11. The number of benzene rings is 1. The highest BCUT2D eigenvalue weighted by atomic mass is 79.9. The molecule has 1 saturated carbocycles. The minimum atomic E-state index is 0.629. The first kappa shape index (κ1) is 12.5. The number of hydrogen-bond acceptors (Lipinski definition) is 1. The molecule has 18 heavy (non-hydrogen) atoms. The average Bonchev–Trinajstić information content (AvgIpc) is 2.66. The third kappa shape index (κ3) is 2.74. The highest BCUT2D eigenvalue weighted by Crippen LogP contribution is 2.40. The van der Waals surface area contributed by atoms with E-state index in [-0.39, 0.29) is 0 Å². The molecule has 3 rings (SSSR count). The van der Waals surface area contributed by atoms with E-state index in [1.165, 1.54) is 44.1 Å². The van der Waals surface area contributed by atoms with E-state index in [4.69, 9.17) is 4.74 Å². The second-order valence-electron chi connectivity index (χ2n) is 5.76. The van der Waals surface area contributed by atoms with Gasteiger partial charge in [-0.05, 0) is 31.2 Å². The molecule has 0 radical (unpaired) electrons. The minimum absolute atomic E-state index is 0.629. The van der Waals surface area contributed by atoms with Gasteiger partial charge in [0.2, 0.25) is 0 Å². The summed E-state index contributed by atoms with van der Waals surface area (Å²) in [5, 5.41) is 0. The first-order chi connectivity index (χ1) is 8.83. The quantitative estimate of drug-likeness (QED) is 0.558. The first-order valence-electron chi connectivity index (χ1n) is 7.18. The molecule has 1 aromatic carbocycles. The van der Waals surface area contributed by atoms with Crippen molar-refractivity contribution in [3.05, 3.63) is 29.8 Å². The summed E-state index contributed by atoms with van der Waals surface area (Å²) in [6.07, 6.45) is 8.21. The van der Waals surface area contributed by atoms with Crippen molar-refractivity contribution in [3.8, 4) is 5.75 Å². The fraction of sp³-hybridized carbons (Fsp3) is 0.625. The van der Waals surface area contributed by atoms with Gasteiger partial charge in [-0.2, -0.15) is 0 Å². The molecule has 1 aromatic rings. The number of alkyl halides is 1. The zero-order valence-corrected chi connectivity index (χ0v) is 12.4. The number of ether oxygens (including phenoxy) is 1. The van der Waals surface area contributed by atoms with Crippen LogP contribution < -0.4 is 4.74 Å². The minimum Gasteiger partial charge on any atom is -0.493 e. The molecular weight excluding hydrogens is 288 g/mol. The molecule has 2 heteroatoms. The van der Waals surface area contributed by atoms with Crippen molar-refractivity contribution in [1.29, 1.82) is 0 Å². The average molecular weight is 309 g/mol. The number of rotatable bonds is 2. The maximum atomic E-state index is 5.80. The maximum absolute atomic E-state index is 5.80. The van der Waals surface area contributed by atoms with E-state index >= 15 is 0 Å². The van der Waals surface area contributed by atoms with Gasteiger partial charge >= 0.3 is 0 Å². The second-order valence-corrected chi connectivity index (χ2v) is 7.06. The van der Waals surface area contributed by atoms with Crippen molar-refractivity contribution in [3.63, 3.8) is 0 Å². The zero-order chi connectivity index (χ0) is 12.4. The second kappa shape index (κ2) is 5.64. The van der Waals surface area contributed by atoms with Gasteiger partial charge in [0.1, 0.15) is 5.75 Å². The first-order valence-corrected chi connectivity index (χ1v) is 8.10. The number of fused-ring (bicyclic) bond motifs is 1. The van der Waals surface area contributed by atoms with Crippen LogP contribution in [0.4, 0.5) is 0 Å². The van der Waals surface area contributed by atoms with Crippen LogP contribution in [0.3, 0.4) is 0 Å². The summed E-state index contributed by atoms with van der Waals surface area (Å²) in [4.78, 5) is 0.738. The molecule has 1 heterocycles. The Hall–Kier alpha value is -0.500. The van der Waals surface area contributed by atoms with E-state index in [2.05, 4.69) is 40.2 Å². The summed E-state index contributed by atoms with van der Waals surface area (Å²) < 4.78 is 5.80. The van der Waals surface area contributed by atoms with E-state index in [1.54, 1.807) is 0 Å². The Morgan fingerprint density at radius 3 is 2.94 bits per heavy atom. The molecule has 0 N–H and O–H groups in total. The van der Waals surface area contributed by atoms with Gasteiger partial charge < -0.3 is 4.74 Å². The van der Waals surface area contributed by atoms with Crippen LogP contribution in [0.1, 0.15) is 50.0 Å². The Morgan fingerprint density at radius 1 is 1.17 bits per heavy atom. The van der Waals surface area contributed by atoms with Crippen molar-refractivity contribution in [2.75, 3.05) is 6.61 Å². The van der Waals surface area contributed by atoms with E-state index in [9.17, 15) is 0 Å². The Morgan fingerprint density at radius 2 is 2.00 bits per heavy atom. The van der Waals surface area contributed by atoms with Crippen LogP contribution in [-0.4, -0.2) is 11.4 Å². The van der Waals surface area contributed by atoms with Gasteiger partial charge in [0.15, 0.2) is 0 Å². The molecule has 1 aliphatic carbocycles. The summed E-state index contributed by atoms with van der Waals surface area (Å²) in [5.74, 6) is 2.62. The number of hydrogen-bond donors (Lipinski definition) is 0. The van der Waals surface area contributed by atoms with Gasteiger partial charge in [-0.25, -0.2) is 0 Å². The van der Waals surface area contributed by atoms with Gasteiger partial charge in [0.05, 0.1) is 6.61 Å². The van der Waals surface area contributed by atoms with Crippen LogP contribution in [-0.2, 0) is 0 Å². The topological polar surface area (TPSA) is 9.23 Å². The van der Waals surface area contributed by atoms with E-state index in [1.807, 2.05) is 0 Å². The Bertz CT molecular complexity index is 404. The normalized spacial score (nSPS) is 31.5. The van der Waals surface area contributed by atoms with Crippen LogP contribution >= 0.6 is 15.9 Å². The number of halogens is 1. The molecule has 0 spiro atoms. The van der Waals surface area contributed by atoms with Crippen LogP contribution in [0.15, 0.2) is 24.3 Å². The van der Waals surface area contributed by atoms with Gasteiger partial charge in [-0.3, -0.25) is 0 Å². The van der Waals surface area contributed by atoms with E-state index < -0.39 is 0 Å². The Balaban J connectivity index is 1.66. The Kier molecular flexibility index (Phi) is 3.93. The van der Waals surface area contributed by atoms with Crippen LogP contribution in [0.25, 0.3) is 0 Å². The molecule has 0 saturated heterocycles. The molecule has 98 valence electrons. The predicted molar refractivity (Wildman–Crippen MR) is 78.6 cm³/mol. The van der Waals surface area contributed by atoms with Crippen molar-refractivity contribution >= 4 is 15.9 Å². The van der Waals surface area contributed by atoms with Crippen molar-refractivity contribution in [2.24, 2.45) is 5.92 Å². The van der Waals surface area contributed by atoms with Crippen LogP contribution in [0.5, 0.6) is 5.75 Å². The van der Waals surface area contributed by atoms with Crippen LogP contribution in [0.2, 0.25) is 0 Å². The highest BCUT2D eigenvalue weighted by Gasteiger charge is 2.28. The molecule has 3 unspecified atom stereocenters. The third-order valence-corrected chi connectivity index (χ3v) is 5.22. The largest absolute Gasteiger partial charge is 0.493 e. The Labute approximate surface area is 118 Å². The summed E-state index contributed by atoms with van der Waals surface area (Å²) in [6, 6.07) is 8.56. The molecule has 0 aromatic heterocycles. The maximum Gasteiger partial charge on any atom is 0.122 e. The van der Waals surface area contributed by atoms with Crippen LogP contribution in [0, 0.1) is 5.92 Å². The van der Waals surface area contributed by atoms with E-state index in [0.717, 1.165) is 23.1 Å². The van der Waals surface area contributed by atoms with Crippen molar-refractivity contribution in [1.82, 2.24) is 0 Å². The van der Waals surface area contributed by atoms with E-state index in [0.29, 0.717) is 5.92 Å². The van der Waals surface area contributed by atoms with Gasteiger partial charge in [0, 0.05) is 16.3 Å². The molecule has 0 bridgehead atoms. The lowest BCUT2D eigenvalue weighted by atomic mass is 9.86. The molecular formula is C16H21BrO. The molecule has 2 aliphatic rings. The highest BCUT2D eigenvalue weighted by molar-refractivity contribution is 9.09.